The van der Waals surface area contributed by atoms with Gasteiger partial charge in [-0.2, -0.15) is 0 Å². The van der Waals surface area contributed by atoms with Crippen LogP contribution in [0.2, 0.25) is 0 Å². The van der Waals surface area contributed by atoms with Crippen LogP contribution in [0, 0.1) is 6.92 Å². The first-order valence-corrected chi connectivity index (χ1v) is 6.28. The summed E-state index contributed by atoms with van der Waals surface area (Å²) in [6.45, 7) is 5.77. The lowest BCUT2D eigenvalue weighted by molar-refractivity contribution is 0.404. The molecule has 5 heteroatoms. The molecular weight excluding hydrogens is 256 g/mol. The predicted octanol–water partition coefficient (Wildman–Crippen LogP) is 1.79. The van der Waals surface area contributed by atoms with Gasteiger partial charge in [0.2, 0.25) is 5.88 Å². The molecule has 2 N–H and O–H groups in total. The summed E-state index contributed by atoms with van der Waals surface area (Å²) < 4.78 is 1.14. The lowest BCUT2D eigenvalue weighted by atomic mass is 10.1. The van der Waals surface area contributed by atoms with Crippen molar-refractivity contribution < 1.29 is 5.11 Å². The number of aryl methyl sites for hydroxylation is 1. The van der Waals surface area contributed by atoms with E-state index in [1.165, 1.54) is 0 Å². The van der Waals surface area contributed by atoms with Crippen LogP contribution < -0.4 is 11.2 Å². The van der Waals surface area contributed by atoms with Crippen LogP contribution in [-0.2, 0) is 6.54 Å². The molecule has 0 unspecified atom stereocenters. The SMILES string of the molecule is C=CCCn1c(O)c(-c2ccc(C)cc2)c(=O)[nH]c1=O. The number of nitrogens with zero attached hydrogens (tertiary/aromatic N) is 1. The second-order valence-corrected chi connectivity index (χ2v) is 4.55. The van der Waals surface area contributed by atoms with E-state index in [1.54, 1.807) is 18.2 Å². The summed E-state index contributed by atoms with van der Waals surface area (Å²) in [5, 5.41) is 10.2. The normalized spacial score (nSPS) is 10.4. The van der Waals surface area contributed by atoms with Gasteiger partial charge in [-0.3, -0.25) is 14.3 Å². The molecule has 0 fully saturated rings. The molecule has 0 bridgehead atoms. The molecule has 0 aliphatic carbocycles. The van der Waals surface area contributed by atoms with Gasteiger partial charge in [-0.15, -0.1) is 6.58 Å². The molecular formula is C15H16N2O3. The Morgan fingerprint density at radius 1 is 1.30 bits per heavy atom. The van der Waals surface area contributed by atoms with E-state index in [4.69, 9.17) is 0 Å². The molecule has 104 valence electrons. The van der Waals surface area contributed by atoms with Crippen LogP contribution in [-0.4, -0.2) is 14.7 Å². The van der Waals surface area contributed by atoms with E-state index in [0.717, 1.165) is 10.1 Å². The van der Waals surface area contributed by atoms with Crippen molar-refractivity contribution in [3.63, 3.8) is 0 Å². The maximum atomic E-state index is 11.9. The number of H-pyrrole nitrogens is 1. The van der Waals surface area contributed by atoms with E-state index in [-0.39, 0.29) is 18.0 Å². The van der Waals surface area contributed by atoms with Gasteiger partial charge < -0.3 is 5.11 Å². The fraction of sp³-hybridized carbons (Fsp3) is 0.200. The number of aromatic amines is 1. The fourth-order valence-electron chi connectivity index (χ4n) is 1.97. The third-order valence-corrected chi connectivity index (χ3v) is 3.07. The van der Waals surface area contributed by atoms with Crippen LogP contribution in [0.15, 0.2) is 46.5 Å². The molecule has 0 spiro atoms. The lowest BCUT2D eigenvalue weighted by Crippen LogP contribution is -2.31. The largest absolute Gasteiger partial charge is 0.494 e. The zero-order valence-corrected chi connectivity index (χ0v) is 11.2. The molecule has 0 aliphatic rings. The van der Waals surface area contributed by atoms with Gasteiger partial charge in [-0.1, -0.05) is 35.9 Å². The number of hydrogen-bond acceptors (Lipinski definition) is 3. The Kier molecular flexibility index (Phi) is 3.89. The second-order valence-electron chi connectivity index (χ2n) is 4.55. The molecule has 2 aromatic rings. The first-order chi connectivity index (χ1) is 9.54. The summed E-state index contributed by atoms with van der Waals surface area (Å²) in [7, 11) is 0. The van der Waals surface area contributed by atoms with Gasteiger partial charge in [0, 0.05) is 6.54 Å². The second kappa shape index (κ2) is 5.61. The molecule has 1 aromatic carbocycles. The highest BCUT2D eigenvalue weighted by Gasteiger charge is 2.15. The third kappa shape index (κ3) is 2.56. The highest BCUT2D eigenvalue weighted by molar-refractivity contribution is 5.67. The number of nitrogens with one attached hydrogen (secondary N) is 1. The summed E-state index contributed by atoms with van der Waals surface area (Å²) in [6, 6.07) is 7.16. The van der Waals surface area contributed by atoms with Crippen LogP contribution in [0.25, 0.3) is 11.1 Å². The maximum Gasteiger partial charge on any atom is 0.331 e. The quantitative estimate of drug-likeness (QED) is 0.833. The monoisotopic (exact) mass is 272 g/mol. The first-order valence-electron chi connectivity index (χ1n) is 6.28. The van der Waals surface area contributed by atoms with Crippen molar-refractivity contribution in [2.45, 2.75) is 19.9 Å². The number of benzene rings is 1. The average Bonchev–Trinajstić information content (AvgIpc) is 2.40. The molecule has 0 atom stereocenters. The Labute approximate surface area is 115 Å². The van der Waals surface area contributed by atoms with Crippen molar-refractivity contribution in [3.05, 3.63) is 63.3 Å². The van der Waals surface area contributed by atoms with E-state index >= 15 is 0 Å². The van der Waals surface area contributed by atoms with Crippen LogP contribution in [0.5, 0.6) is 5.88 Å². The van der Waals surface area contributed by atoms with Gasteiger partial charge in [0.15, 0.2) is 0 Å². The summed E-state index contributed by atoms with van der Waals surface area (Å²) in [5.41, 5.74) is 0.511. The molecule has 0 aliphatic heterocycles. The Bertz CT molecular complexity index is 739. The summed E-state index contributed by atoms with van der Waals surface area (Å²) in [4.78, 5) is 25.9. The molecule has 20 heavy (non-hydrogen) atoms. The molecule has 0 saturated heterocycles. The molecule has 1 aromatic heterocycles. The highest BCUT2D eigenvalue weighted by atomic mass is 16.3. The smallest absolute Gasteiger partial charge is 0.331 e. The minimum atomic E-state index is -0.620. The molecule has 0 radical (unpaired) electrons. The molecule has 5 nitrogen and oxygen atoms in total. The topological polar surface area (TPSA) is 75.1 Å². The highest BCUT2D eigenvalue weighted by Crippen LogP contribution is 2.24. The van der Waals surface area contributed by atoms with E-state index in [1.807, 2.05) is 19.1 Å². The van der Waals surface area contributed by atoms with Crippen molar-refractivity contribution >= 4 is 0 Å². The predicted molar refractivity (Wildman–Crippen MR) is 78.0 cm³/mol. The van der Waals surface area contributed by atoms with Crippen molar-refractivity contribution in [2.24, 2.45) is 0 Å². The van der Waals surface area contributed by atoms with Crippen molar-refractivity contribution in [1.82, 2.24) is 9.55 Å². The Morgan fingerprint density at radius 2 is 1.95 bits per heavy atom. The minimum Gasteiger partial charge on any atom is -0.494 e. The number of aromatic nitrogens is 2. The van der Waals surface area contributed by atoms with Crippen molar-refractivity contribution in [2.75, 3.05) is 0 Å². The first kappa shape index (κ1) is 13.9. The van der Waals surface area contributed by atoms with E-state index in [2.05, 4.69) is 11.6 Å². The van der Waals surface area contributed by atoms with E-state index < -0.39 is 11.2 Å². The standard InChI is InChI=1S/C15H16N2O3/c1-3-4-9-17-14(19)12(13(18)16-15(17)20)11-7-5-10(2)6-8-11/h3,5-8,19H,1,4,9H2,2H3,(H,16,18,20). The van der Waals surface area contributed by atoms with Gasteiger partial charge in [0.25, 0.3) is 5.56 Å². The third-order valence-electron chi connectivity index (χ3n) is 3.07. The Morgan fingerprint density at radius 3 is 2.55 bits per heavy atom. The number of hydrogen-bond donors (Lipinski definition) is 2. The van der Waals surface area contributed by atoms with E-state index in [9.17, 15) is 14.7 Å². The zero-order valence-electron chi connectivity index (χ0n) is 11.2. The summed E-state index contributed by atoms with van der Waals surface area (Å²) >= 11 is 0. The Hall–Kier alpha value is -2.56. The summed E-state index contributed by atoms with van der Waals surface area (Å²) in [5.74, 6) is -0.315. The number of allylic oxidation sites excluding steroid dienone is 1. The van der Waals surface area contributed by atoms with Gasteiger partial charge in [-0.05, 0) is 18.9 Å². The fourth-order valence-corrected chi connectivity index (χ4v) is 1.97. The summed E-state index contributed by atoms with van der Waals surface area (Å²) in [6.07, 6.45) is 2.16. The molecule has 0 saturated carbocycles. The van der Waals surface area contributed by atoms with E-state index in [0.29, 0.717) is 12.0 Å². The van der Waals surface area contributed by atoms with Gasteiger partial charge in [-0.25, -0.2) is 4.79 Å². The molecule has 1 heterocycles. The van der Waals surface area contributed by atoms with Gasteiger partial charge in [0.05, 0.1) is 0 Å². The van der Waals surface area contributed by atoms with Crippen LogP contribution in [0.1, 0.15) is 12.0 Å². The van der Waals surface area contributed by atoms with Crippen molar-refractivity contribution in [3.8, 4) is 17.0 Å². The zero-order chi connectivity index (χ0) is 14.7. The minimum absolute atomic E-state index is 0.105. The lowest BCUT2D eigenvalue weighted by Gasteiger charge is -2.10. The van der Waals surface area contributed by atoms with Crippen LogP contribution in [0.3, 0.4) is 0 Å². The van der Waals surface area contributed by atoms with Gasteiger partial charge in [0.1, 0.15) is 5.56 Å². The van der Waals surface area contributed by atoms with Crippen LogP contribution >= 0.6 is 0 Å². The average molecular weight is 272 g/mol. The Balaban J connectivity index is 2.64. The number of rotatable bonds is 4. The van der Waals surface area contributed by atoms with Crippen molar-refractivity contribution in [1.29, 1.82) is 0 Å². The maximum absolute atomic E-state index is 11.9. The molecule has 2 rings (SSSR count). The molecule has 0 amide bonds. The van der Waals surface area contributed by atoms with Gasteiger partial charge >= 0.3 is 5.69 Å². The van der Waals surface area contributed by atoms with Crippen LogP contribution in [0.4, 0.5) is 0 Å². The number of aromatic hydroxyl groups is 1.